The van der Waals surface area contributed by atoms with E-state index >= 15 is 0 Å². The summed E-state index contributed by atoms with van der Waals surface area (Å²) in [7, 11) is -1.46. The molecule has 0 bridgehead atoms. The molecule has 0 aliphatic carbocycles. The van der Waals surface area contributed by atoms with Gasteiger partial charge >= 0.3 is 0 Å². The third-order valence-corrected chi connectivity index (χ3v) is 7.54. The largest absolute Gasteiger partial charge is 0.381 e. The highest BCUT2D eigenvalue weighted by Gasteiger charge is 2.42. The van der Waals surface area contributed by atoms with Crippen LogP contribution < -0.4 is 10.6 Å². The van der Waals surface area contributed by atoms with E-state index in [2.05, 4.69) is 34.0 Å². The number of sulfone groups is 1. The van der Waals surface area contributed by atoms with Crippen molar-refractivity contribution in [3.8, 4) is 0 Å². The van der Waals surface area contributed by atoms with Gasteiger partial charge in [0.1, 0.15) is 0 Å². The molecule has 2 N–H and O–H groups in total. The molecule has 27 heavy (non-hydrogen) atoms. The summed E-state index contributed by atoms with van der Waals surface area (Å²) in [5, 5.41) is 6.71. The van der Waals surface area contributed by atoms with Crippen molar-refractivity contribution in [3.05, 3.63) is 12.2 Å². The maximum Gasteiger partial charge on any atom is 0.191 e. The van der Waals surface area contributed by atoms with E-state index < -0.39 is 14.6 Å². The smallest absolute Gasteiger partial charge is 0.191 e. The lowest BCUT2D eigenvalue weighted by Gasteiger charge is -2.37. The first kappa shape index (κ1) is 24.6. The molecule has 0 unspecified atom stereocenters. The van der Waals surface area contributed by atoms with Crippen LogP contribution in [0.4, 0.5) is 0 Å². The van der Waals surface area contributed by atoms with E-state index in [4.69, 9.17) is 4.74 Å². The molecule has 2 aliphatic heterocycles. The van der Waals surface area contributed by atoms with Crippen LogP contribution in [0.1, 0.15) is 32.6 Å². The average Bonchev–Trinajstić information content (AvgIpc) is 2.59. The van der Waals surface area contributed by atoms with Crippen LogP contribution in [0.5, 0.6) is 0 Å². The minimum atomic E-state index is -3.18. The highest BCUT2D eigenvalue weighted by atomic mass is 127. The van der Waals surface area contributed by atoms with Gasteiger partial charge in [0.15, 0.2) is 15.8 Å². The van der Waals surface area contributed by atoms with E-state index in [0.29, 0.717) is 44.6 Å². The van der Waals surface area contributed by atoms with Gasteiger partial charge in [0.2, 0.25) is 0 Å². The van der Waals surface area contributed by atoms with Gasteiger partial charge in [-0.05, 0) is 32.6 Å². The van der Waals surface area contributed by atoms with Crippen LogP contribution in [0, 0.1) is 0 Å². The van der Waals surface area contributed by atoms with Crippen LogP contribution in [0.3, 0.4) is 0 Å². The monoisotopic (exact) mass is 514 g/mol. The molecule has 0 radical (unpaired) electrons. The molecule has 0 spiro atoms. The minimum absolute atomic E-state index is 0. The zero-order valence-corrected chi connectivity index (χ0v) is 19.9. The molecule has 7 nitrogen and oxygen atoms in total. The van der Waals surface area contributed by atoms with E-state index in [1.165, 1.54) is 11.8 Å². The van der Waals surface area contributed by atoms with Gasteiger partial charge in [-0.1, -0.05) is 12.2 Å². The number of aliphatic imine (C=N–C) groups is 1. The Kier molecular flexibility index (Phi) is 10.0. The summed E-state index contributed by atoms with van der Waals surface area (Å²) in [6.45, 7) is 10.4. The number of ether oxygens (including phenoxy) is 1. The summed E-state index contributed by atoms with van der Waals surface area (Å²) >= 11 is 0. The fourth-order valence-electron chi connectivity index (χ4n) is 3.67. The predicted octanol–water partition coefficient (Wildman–Crippen LogP) is 1.40. The predicted molar refractivity (Wildman–Crippen MR) is 122 cm³/mol. The maximum atomic E-state index is 12.4. The fourth-order valence-corrected chi connectivity index (χ4v) is 4.91. The van der Waals surface area contributed by atoms with Gasteiger partial charge in [-0.15, -0.1) is 24.0 Å². The number of piperidine rings is 1. The molecule has 0 saturated carbocycles. The Morgan fingerprint density at radius 1 is 1.30 bits per heavy atom. The summed E-state index contributed by atoms with van der Waals surface area (Å²) in [5.41, 5.74) is 1.19. The van der Waals surface area contributed by atoms with Crippen molar-refractivity contribution in [1.29, 1.82) is 0 Å². The van der Waals surface area contributed by atoms with Gasteiger partial charge in [0.25, 0.3) is 0 Å². The molecule has 9 heteroatoms. The van der Waals surface area contributed by atoms with E-state index in [0.717, 1.165) is 32.5 Å². The summed E-state index contributed by atoms with van der Waals surface area (Å²) < 4.78 is 29.3. The van der Waals surface area contributed by atoms with E-state index in [9.17, 15) is 8.42 Å². The maximum absolute atomic E-state index is 12.4. The van der Waals surface area contributed by atoms with E-state index in [-0.39, 0.29) is 24.0 Å². The van der Waals surface area contributed by atoms with Crippen molar-refractivity contribution in [2.24, 2.45) is 4.99 Å². The van der Waals surface area contributed by atoms with Crippen molar-refractivity contribution < 1.29 is 13.2 Å². The Morgan fingerprint density at radius 2 is 1.89 bits per heavy atom. The number of likely N-dealkylation sites (tertiary alicyclic amines) is 1. The third kappa shape index (κ3) is 7.17. The van der Waals surface area contributed by atoms with Crippen molar-refractivity contribution in [2.75, 3.05) is 52.7 Å². The van der Waals surface area contributed by atoms with Crippen molar-refractivity contribution in [3.63, 3.8) is 0 Å². The molecule has 0 amide bonds. The lowest BCUT2D eigenvalue weighted by molar-refractivity contribution is 0.0756. The first-order chi connectivity index (χ1) is 12.3. The molecule has 0 atom stereocenters. The molecular weight excluding hydrogens is 479 g/mol. The Bertz CT molecular complexity index is 610. The molecule has 158 valence electrons. The Balaban J connectivity index is 0.00000364. The lowest BCUT2D eigenvalue weighted by Crippen LogP contribution is -2.55. The summed E-state index contributed by atoms with van der Waals surface area (Å²) in [6, 6.07) is 0.353. The molecule has 0 aromatic carbocycles. The number of nitrogens with one attached hydrogen (secondary N) is 2. The number of nitrogens with zero attached hydrogens (tertiary/aromatic N) is 2. The normalized spacial score (nSPS) is 22.0. The molecule has 2 rings (SSSR count). The molecule has 2 heterocycles. The van der Waals surface area contributed by atoms with Crippen molar-refractivity contribution in [1.82, 2.24) is 15.5 Å². The Labute approximate surface area is 181 Å². The van der Waals surface area contributed by atoms with Crippen LogP contribution in [0.15, 0.2) is 17.1 Å². The topological polar surface area (TPSA) is 83.0 Å². The van der Waals surface area contributed by atoms with Gasteiger partial charge in [-0.2, -0.15) is 0 Å². The number of guanidine groups is 1. The number of rotatable bonds is 6. The average molecular weight is 514 g/mol. The molecule has 0 aromatic heterocycles. The second-order valence-electron chi connectivity index (χ2n) is 7.65. The minimum Gasteiger partial charge on any atom is -0.381 e. The molecule has 0 aromatic rings. The second-order valence-corrected chi connectivity index (χ2v) is 10.1. The first-order valence-electron chi connectivity index (χ1n) is 9.37. The van der Waals surface area contributed by atoms with Gasteiger partial charge in [0.05, 0.1) is 4.75 Å². The summed E-state index contributed by atoms with van der Waals surface area (Å²) in [6.07, 6.45) is 4.45. The molecule has 2 fully saturated rings. The van der Waals surface area contributed by atoms with Crippen molar-refractivity contribution in [2.45, 2.75) is 43.4 Å². The summed E-state index contributed by atoms with van der Waals surface area (Å²) in [5.74, 6) is 0.679. The zero-order valence-electron chi connectivity index (χ0n) is 16.8. The van der Waals surface area contributed by atoms with Crippen LogP contribution >= 0.6 is 24.0 Å². The Hall–Kier alpha value is -0.390. The van der Waals surface area contributed by atoms with Crippen LogP contribution in [0.25, 0.3) is 0 Å². The second kappa shape index (κ2) is 11.0. The number of hydrogen-bond acceptors (Lipinski definition) is 5. The van der Waals surface area contributed by atoms with Crippen LogP contribution in [0.2, 0.25) is 0 Å². The third-order valence-electron chi connectivity index (χ3n) is 5.41. The van der Waals surface area contributed by atoms with Crippen molar-refractivity contribution >= 4 is 39.8 Å². The standard InChI is InChI=1S/C18H34N4O3S.HI/c1-15(2)13-22-9-5-16(6-10-22)21-17(19-3)20-14-18(26(4,23)24)7-11-25-12-8-18;/h16H,1,5-14H2,2-4H3,(H2,19,20,21);1H. The van der Waals surface area contributed by atoms with Crippen LogP contribution in [-0.4, -0.2) is 82.8 Å². The van der Waals surface area contributed by atoms with E-state index in [1.54, 1.807) is 7.05 Å². The highest BCUT2D eigenvalue weighted by Crippen LogP contribution is 2.28. The lowest BCUT2D eigenvalue weighted by atomic mass is 9.99. The molecular formula is C18H35IN4O3S. The SMILES string of the molecule is C=C(C)CN1CCC(NC(=NC)NCC2(S(C)(=O)=O)CCOCC2)CC1.I. The van der Waals surface area contributed by atoms with Gasteiger partial charge in [-0.3, -0.25) is 9.89 Å². The Morgan fingerprint density at radius 3 is 2.37 bits per heavy atom. The van der Waals surface area contributed by atoms with Gasteiger partial charge in [-0.25, -0.2) is 8.42 Å². The first-order valence-corrected chi connectivity index (χ1v) is 11.3. The summed E-state index contributed by atoms with van der Waals surface area (Å²) in [4.78, 5) is 6.70. The molecule has 2 saturated heterocycles. The van der Waals surface area contributed by atoms with Gasteiger partial charge in [0, 0.05) is 58.7 Å². The fraction of sp³-hybridized carbons (Fsp3) is 0.833. The highest BCUT2D eigenvalue weighted by molar-refractivity contribution is 14.0. The quantitative estimate of drug-likeness (QED) is 0.242. The number of halogens is 1. The number of hydrogen-bond donors (Lipinski definition) is 2. The molecule has 2 aliphatic rings. The van der Waals surface area contributed by atoms with E-state index in [1.807, 2.05) is 0 Å². The zero-order chi connectivity index (χ0) is 19.2. The van der Waals surface area contributed by atoms with Crippen LogP contribution in [-0.2, 0) is 14.6 Å². The van der Waals surface area contributed by atoms with Gasteiger partial charge < -0.3 is 15.4 Å².